The minimum atomic E-state index is -3.55. The number of sulfonamides is 1. The summed E-state index contributed by atoms with van der Waals surface area (Å²) in [5.41, 5.74) is 1.36. The molecule has 0 saturated carbocycles. The third-order valence-electron chi connectivity index (χ3n) is 3.38. The first-order valence-corrected chi connectivity index (χ1v) is 9.17. The Labute approximate surface area is 142 Å². The fraction of sp³-hybridized carbons (Fsp3) is 0.235. The SMILES string of the molecule is COc1ccc(CNC(=O)CN(c2ccccc2)S(C)(=O)=O)cc1. The summed E-state index contributed by atoms with van der Waals surface area (Å²) in [5.74, 6) is 0.359. The van der Waals surface area contributed by atoms with Gasteiger partial charge in [0.05, 0.1) is 19.1 Å². The van der Waals surface area contributed by atoms with E-state index in [1.807, 2.05) is 12.1 Å². The Morgan fingerprint density at radius 1 is 1.08 bits per heavy atom. The lowest BCUT2D eigenvalue weighted by molar-refractivity contribution is -0.119. The van der Waals surface area contributed by atoms with E-state index in [4.69, 9.17) is 4.74 Å². The number of carbonyl (C=O) groups is 1. The molecule has 6 nitrogen and oxygen atoms in total. The molecule has 0 bridgehead atoms. The number of hydrogen-bond donors (Lipinski definition) is 1. The average Bonchev–Trinajstić information content (AvgIpc) is 2.58. The molecule has 0 fully saturated rings. The van der Waals surface area contributed by atoms with Crippen molar-refractivity contribution in [3.05, 3.63) is 60.2 Å². The second-order valence-electron chi connectivity index (χ2n) is 5.23. The van der Waals surface area contributed by atoms with Gasteiger partial charge in [-0.2, -0.15) is 0 Å². The van der Waals surface area contributed by atoms with Crippen molar-refractivity contribution >= 4 is 21.6 Å². The summed E-state index contributed by atoms with van der Waals surface area (Å²) in [6, 6.07) is 15.8. The van der Waals surface area contributed by atoms with Crippen molar-refractivity contribution in [3.63, 3.8) is 0 Å². The number of hydrogen-bond acceptors (Lipinski definition) is 4. The predicted molar refractivity (Wildman–Crippen MR) is 93.5 cm³/mol. The van der Waals surface area contributed by atoms with Crippen molar-refractivity contribution in [3.8, 4) is 5.75 Å². The molecule has 0 aliphatic carbocycles. The molecule has 0 radical (unpaired) electrons. The summed E-state index contributed by atoms with van der Waals surface area (Å²) in [4.78, 5) is 12.1. The Kier molecular flexibility index (Phi) is 5.81. The van der Waals surface area contributed by atoms with E-state index in [-0.39, 0.29) is 12.5 Å². The average molecular weight is 348 g/mol. The standard InChI is InChI=1S/C17H20N2O4S/c1-23-16-10-8-14(9-11-16)12-18-17(20)13-19(24(2,21)22)15-6-4-3-5-7-15/h3-11H,12-13H2,1-2H3,(H,18,20). The quantitative estimate of drug-likeness (QED) is 0.827. The van der Waals surface area contributed by atoms with E-state index < -0.39 is 10.0 Å². The van der Waals surface area contributed by atoms with Crippen molar-refractivity contribution in [2.75, 3.05) is 24.2 Å². The summed E-state index contributed by atoms with van der Waals surface area (Å²) >= 11 is 0. The van der Waals surface area contributed by atoms with Gasteiger partial charge in [0.1, 0.15) is 12.3 Å². The highest BCUT2D eigenvalue weighted by Crippen LogP contribution is 2.16. The maximum atomic E-state index is 12.1. The van der Waals surface area contributed by atoms with Gasteiger partial charge >= 0.3 is 0 Å². The molecule has 0 aromatic heterocycles. The summed E-state index contributed by atoms with van der Waals surface area (Å²) in [7, 11) is -1.97. The van der Waals surface area contributed by atoms with Gasteiger partial charge in [0, 0.05) is 6.54 Å². The number of amides is 1. The molecule has 0 unspecified atom stereocenters. The highest BCUT2D eigenvalue weighted by atomic mass is 32.2. The van der Waals surface area contributed by atoms with E-state index >= 15 is 0 Å². The van der Waals surface area contributed by atoms with Gasteiger partial charge in [-0.05, 0) is 29.8 Å². The van der Waals surface area contributed by atoms with E-state index in [0.29, 0.717) is 12.2 Å². The molecule has 24 heavy (non-hydrogen) atoms. The maximum Gasteiger partial charge on any atom is 0.241 e. The predicted octanol–water partition coefficient (Wildman–Crippen LogP) is 1.78. The minimum absolute atomic E-state index is 0.265. The van der Waals surface area contributed by atoms with Gasteiger partial charge in [-0.1, -0.05) is 30.3 Å². The molecule has 128 valence electrons. The number of nitrogens with one attached hydrogen (secondary N) is 1. The van der Waals surface area contributed by atoms with Crippen molar-refractivity contribution in [2.45, 2.75) is 6.54 Å². The Morgan fingerprint density at radius 2 is 1.71 bits per heavy atom. The smallest absolute Gasteiger partial charge is 0.241 e. The summed E-state index contributed by atoms with van der Waals surface area (Å²) < 4.78 is 30.0. The number of anilines is 1. The zero-order valence-corrected chi connectivity index (χ0v) is 14.4. The van der Waals surface area contributed by atoms with Crippen molar-refractivity contribution in [1.29, 1.82) is 0 Å². The van der Waals surface area contributed by atoms with Crippen LogP contribution in [0.4, 0.5) is 5.69 Å². The normalized spacial score (nSPS) is 10.9. The molecular weight excluding hydrogens is 328 g/mol. The number of methoxy groups -OCH3 is 1. The van der Waals surface area contributed by atoms with E-state index in [9.17, 15) is 13.2 Å². The number of carbonyl (C=O) groups excluding carboxylic acids is 1. The van der Waals surface area contributed by atoms with Gasteiger partial charge in [0.25, 0.3) is 0 Å². The van der Waals surface area contributed by atoms with Gasteiger partial charge in [0.15, 0.2) is 0 Å². The van der Waals surface area contributed by atoms with E-state index in [1.165, 1.54) is 0 Å². The number of rotatable bonds is 7. The van der Waals surface area contributed by atoms with E-state index in [2.05, 4.69) is 5.32 Å². The lowest BCUT2D eigenvalue weighted by Crippen LogP contribution is -2.40. The van der Waals surface area contributed by atoms with Gasteiger partial charge in [0.2, 0.25) is 15.9 Å². The van der Waals surface area contributed by atoms with Crippen molar-refractivity contribution < 1.29 is 17.9 Å². The van der Waals surface area contributed by atoms with Gasteiger partial charge in [-0.25, -0.2) is 8.42 Å². The van der Waals surface area contributed by atoms with Crippen LogP contribution in [0.2, 0.25) is 0 Å². The largest absolute Gasteiger partial charge is 0.497 e. The van der Waals surface area contributed by atoms with Gasteiger partial charge in [-0.3, -0.25) is 9.10 Å². The van der Waals surface area contributed by atoms with Crippen LogP contribution in [0.1, 0.15) is 5.56 Å². The number of nitrogens with zero attached hydrogens (tertiary/aromatic N) is 1. The fourth-order valence-electron chi connectivity index (χ4n) is 2.12. The van der Waals surface area contributed by atoms with Crippen LogP contribution in [0, 0.1) is 0 Å². The molecule has 1 amide bonds. The number of benzene rings is 2. The minimum Gasteiger partial charge on any atom is -0.497 e. The van der Waals surface area contributed by atoms with Crippen LogP contribution in [0.15, 0.2) is 54.6 Å². The zero-order valence-electron chi connectivity index (χ0n) is 13.6. The lowest BCUT2D eigenvalue weighted by Gasteiger charge is -2.21. The molecule has 0 aliphatic heterocycles. The molecule has 0 aliphatic rings. The van der Waals surface area contributed by atoms with Crippen LogP contribution in [-0.2, 0) is 21.4 Å². The molecule has 2 aromatic carbocycles. The van der Waals surface area contributed by atoms with Crippen LogP contribution in [0.3, 0.4) is 0 Å². The van der Waals surface area contributed by atoms with Gasteiger partial charge < -0.3 is 10.1 Å². The van der Waals surface area contributed by atoms with Crippen LogP contribution >= 0.6 is 0 Å². The molecular formula is C17H20N2O4S. The Bertz CT molecular complexity index is 774. The molecule has 2 aromatic rings. The van der Waals surface area contributed by atoms with Crippen LogP contribution in [-0.4, -0.2) is 34.2 Å². The first-order valence-electron chi connectivity index (χ1n) is 7.32. The summed E-state index contributed by atoms with van der Waals surface area (Å²) in [5, 5.41) is 2.72. The maximum absolute atomic E-state index is 12.1. The molecule has 2 rings (SSSR count). The van der Waals surface area contributed by atoms with Gasteiger partial charge in [-0.15, -0.1) is 0 Å². The number of ether oxygens (including phenoxy) is 1. The third-order valence-corrected chi connectivity index (χ3v) is 4.52. The number of para-hydroxylation sites is 1. The second kappa shape index (κ2) is 7.83. The third kappa shape index (κ3) is 4.99. The van der Waals surface area contributed by atoms with E-state index in [0.717, 1.165) is 21.9 Å². The monoisotopic (exact) mass is 348 g/mol. The highest BCUT2D eigenvalue weighted by Gasteiger charge is 2.20. The molecule has 0 atom stereocenters. The zero-order chi connectivity index (χ0) is 17.6. The van der Waals surface area contributed by atoms with Crippen LogP contribution in [0.25, 0.3) is 0 Å². The molecule has 0 saturated heterocycles. The van der Waals surface area contributed by atoms with Crippen molar-refractivity contribution in [1.82, 2.24) is 5.32 Å². The van der Waals surface area contributed by atoms with Crippen molar-refractivity contribution in [2.24, 2.45) is 0 Å². The summed E-state index contributed by atoms with van der Waals surface area (Å²) in [6.07, 6.45) is 1.08. The van der Waals surface area contributed by atoms with Crippen LogP contribution < -0.4 is 14.4 Å². The first kappa shape index (κ1) is 17.8. The Hall–Kier alpha value is -2.54. The first-order chi connectivity index (χ1) is 11.4. The Morgan fingerprint density at radius 3 is 2.25 bits per heavy atom. The highest BCUT2D eigenvalue weighted by molar-refractivity contribution is 7.92. The second-order valence-corrected chi connectivity index (χ2v) is 7.14. The fourth-order valence-corrected chi connectivity index (χ4v) is 2.98. The lowest BCUT2D eigenvalue weighted by atomic mass is 10.2. The van der Waals surface area contributed by atoms with E-state index in [1.54, 1.807) is 49.6 Å². The molecule has 7 heteroatoms. The topological polar surface area (TPSA) is 75.7 Å². The molecule has 0 heterocycles. The molecule has 1 N–H and O–H groups in total. The Balaban J connectivity index is 2.00. The van der Waals surface area contributed by atoms with Crippen LogP contribution in [0.5, 0.6) is 5.75 Å². The summed E-state index contributed by atoms with van der Waals surface area (Å²) in [6.45, 7) is 0.0498. The molecule has 0 spiro atoms.